The third-order valence-electron chi connectivity index (χ3n) is 3.46. The van der Waals surface area contributed by atoms with E-state index in [0.717, 1.165) is 23.2 Å². The van der Waals surface area contributed by atoms with Crippen molar-refractivity contribution in [2.24, 2.45) is 0 Å². The zero-order valence-electron chi connectivity index (χ0n) is 9.68. The van der Waals surface area contributed by atoms with Gasteiger partial charge in [0, 0.05) is 13.1 Å². The second kappa shape index (κ2) is 3.99. The molecule has 0 aromatic heterocycles. The number of ketones is 1. The topological polar surface area (TPSA) is 69.6 Å². The molecule has 18 heavy (non-hydrogen) atoms. The van der Waals surface area contributed by atoms with Gasteiger partial charge in [0.2, 0.25) is 5.78 Å². The molecule has 1 atom stereocenters. The Morgan fingerprint density at radius 2 is 2.00 bits per heavy atom. The lowest BCUT2D eigenvalue weighted by molar-refractivity contribution is -0.119. The molecular weight excluding hydrogens is 230 g/mol. The van der Waals surface area contributed by atoms with E-state index in [-0.39, 0.29) is 11.5 Å². The second-order valence-corrected chi connectivity index (χ2v) is 4.53. The van der Waals surface area contributed by atoms with Crippen molar-refractivity contribution in [3.8, 4) is 0 Å². The Balaban J connectivity index is 2.11. The Morgan fingerprint density at radius 1 is 1.17 bits per heavy atom. The van der Waals surface area contributed by atoms with E-state index in [1.165, 1.54) is 12.2 Å². The SMILES string of the molecule is O=C1C(O)=CC=C(O)C1c1cccc2c1CNC2. The predicted molar refractivity (Wildman–Crippen MR) is 66.2 cm³/mol. The average molecular weight is 243 g/mol. The molecule has 0 saturated heterocycles. The van der Waals surface area contributed by atoms with E-state index in [1.807, 2.05) is 18.2 Å². The molecule has 0 saturated carbocycles. The summed E-state index contributed by atoms with van der Waals surface area (Å²) in [6.45, 7) is 1.46. The maximum atomic E-state index is 12.0. The number of benzene rings is 1. The maximum Gasteiger partial charge on any atom is 0.212 e. The Bertz CT molecular complexity index is 585. The summed E-state index contributed by atoms with van der Waals surface area (Å²) in [5, 5.41) is 22.6. The van der Waals surface area contributed by atoms with Crippen molar-refractivity contribution in [1.29, 1.82) is 0 Å². The van der Waals surface area contributed by atoms with Gasteiger partial charge in [0.05, 0.1) is 0 Å². The van der Waals surface area contributed by atoms with E-state index >= 15 is 0 Å². The van der Waals surface area contributed by atoms with Crippen LogP contribution in [0.25, 0.3) is 0 Å². The van der Waals surface area contributed by atoms with E-state index in [2.05, 4.69) is 5.32 Å². The van der Waals surface area contributed by atoms with Crippen LogP contribution in [0.4, 0.5) is 0 Å². The minimum absolute atomic E-state index is 0.0156. The third kappa shape index (κ3) is 1.54. The number of aliphatic hydroxyl groups is 2. The number of fused-ring (bicyclic) bond motifs is 1. The maximum absolute atomic E-state index is 12.0. The highest BCUT2D eigenvalue weighted by molar-refractivity contribution is 6.01. The van der Waals surface area contributed by atoms with Crippen molar-refractivity contribution in [2.75, 3.05) is 0 Å². The van der Waals surface area contributed by atoms with Gasteiger partial charge >= 0.3 is 0 Å². The van der Waals surface area contributed by atoms with Gasteiger partial charge in [-0.25, -0.2) is 0 Å². The molecule has 1 aliphatic heterocycles. The molecule has 92 valence electrons. The molecule has 0 spiro atoms. The van der Waals surface area contributed by atoms with Crippen LogP contribution in [0.2, 0.25) is 0 Å². The largest absolute Gasteiger partial charge is 0.511 e. The summed E-state index contributed by atoms with van der Waals surface area (Å²) in [7, 11) is 0. The normalized spacial score (nSPS) is 22.4. The van der Waals surface area contributed by atoms with Crippen LogP contribution >= 0.6 is 0 Å². The number of rotatable bonds is 1. The quantitative estimate of drug-likeness (QED) is 0.704. The van der Waals surface area contributed by atoms with Gasteiger partial charge in [-0.3, -0.25) is 4.79 Å². The molecule has 1 unspecified atom stereocenters. The molecule has 0 fully saturated rings. The molecule has 0 radical (unpaired) electrons. The molecule has 1 aliphatic carbocycles. The number of hydrogen-bond acceptors (Lipinski definition) is 4. The summed E-state index contributed by atoms with van der Waals surface area (Å²) in [6.07, 6.45) is 2.61. The summed E-state index contributed by atoms with van der Waals surface area (Å²) < 4.78 is 0. The number of hydrogen-bond donors (Lipinski definition) is 3. The van der Waals surface area contributed by atoms with Crippen LogP contribution < -0.4 is 5.32 Å². The highest BCUT2D eigenvalue weighted by Crippen LogP contribution is 2.34. The molecule has 2 aliphatic rings. The standard InChI is InChI=1S/C14H13NO3/c16-11-4-5-12(17)14(18)13(11)9-3-1-2-8-6-15-7-10(8)9/h1-5,13,15-17H,6-7H2. The minimum atomic E-state index is -0.773. The Labute approximate surface area is 104 Å². The fourth-order valence-electron chi connectivity index (χ4n) is 2.55. The highest BCUT2D eigenvalue weighted by atomic mass is 16.3. The molecule has 1 aromatic rings. The lowest BCUT2D eigenvalue weighted by atomic mass is 9.85. The number of carbonyl (C=O) groups excluding carboxylic acids is 1. The average Bonchev–Trinajstić information content (AvgIpc) is 2.83. The van der Waals surface area contributed by atoms with E-state index in [4.69, 9.17) is 0 Å². The molecule has 4 heteroatoms. The summed E-state index contributed by atoms with van der Waals surface area (Å²) in [5.74, 6) is -1.54. The van der Waals surface area contributed by atoms with Gasteiger partial charge in [-0.15, -0.1) is 0 Å². The Morgan fingerprint density at radius 3 is 2.83 bits per heavy atom. The van der Waals surface area contributed by atoms with Crippen LogP contribution in [-0.4, -0.2) is 16.0 Å². The number of nitrogens with one attached hydrogen (secondary N) is 1. The fraction of sp³-hybridized carbons (Fsp3) is 0.214. The molecule has 1 aromatic carbocycles. The number of Topliss-reactive ketones (excluding diaryl/α,β-unsaturated/α-hetero) is 1. The van der Waals surface area contributed by atoms with Gasteiger partial charge in [-0.1, -0.05) is 18.2 Å². The first-order valence-corrected chi connectivity index (χ1v) is 5.84. The zero-order valence-corrected chi connectivity index (χ0v) is 9.68. The lowest BCUT2D eigenvalue weighted by Gasteiger charge is -2.20. The van der Waals surface area contributed by atoms with Crippen LogP contribution in [0.15, 0.2) is 41.9 Å². The van der Waals surface area contributed by atoms with Crippen molar-refractivity contribution in [3.05, 3.63) is 58.6 Å². The molecule has 4 nitrogen and oxygen atoms in total. The van der Waals surface area contributed by atoms with Gasteiger partial charge in [0.1, 0.15) is 11.7 Å². The first kappa shape index (κ1) is 11.0. The van der Waals surface area contributed by atoms with Gasteiger partial charge in [-0.05, 0) is 28.8 Å². The zero-order chi connectivity index (χ0) is 12.7. The van der Waals surface area contributed by atoms with Gasteiger partial charge < -0.3 is 15.5 Å². The third-order valence-corrected chi connectivity index (χ3v) is 3.46. The van der Waals surface area contributed by atoms with Crippen LogP contribution in [0.5, 0.6) is 0 Å². The van der Waals surface area contributed by atoms with Gasteiger partial charge in [0.25, 0.3) is 0 Å². The first-order chi connectivity index (χ1) is 8.68. The van der Waals surface area contributed by atoms with Crippen LogP contribution in [0.1, 0.15) is 22.6 Å². The van der Waals surface area contributed by atoms with E-state index < -0.39 is 11.7 Å². The van der Waals surface area contributed by atoms with Crippen molar-refractivity contribution in [3.63, 3.8) is 0 Å². The second-order valence-electron chi connectivity index (χ2n) is 4.53. The van der Waals surface area contributed by atoms with Crippen LogP contribution in [-0.2, 0) is 17.9 Å². The number of carbonyl (C=O) groups is 1. The molecule has 0 amide bonds. The van der Waals surface area contributed by atoms with E-state index in [9.17, 15) is 15.0 Å². The molecule has 0 bridgehead atoms. The van der Waals surface area contributed by atoms with Crippen molar-refractivity contribution in [2.45, 2.75) is 19.0 Å². The summed E-state index contributed by atoms with van der Waals surface area (Å²) in [4.78, 5) is 12.0. The fourth-order valence-corrected chi connectivity index (χ4v) is 2.55. The summed E-state index contributed by atoms with van der Waals surface area (Å²) >= 11 is 0. The summed E-state index contributed by atoms with van der Waals surface area (Å²) in [6, 6.07) is 5.71. The van der Waals surface area contributed by atoms with E-state index in [0.29, 0.717) is 6.54 Å². The van der Waals surface area contributed by atoms with Gasteiger partial charge in [-0.2, -0.15) is 0 Å². The summed E-state index contributed by atoms with van der Waals surface area (Å²) in [5.41, 5.74) is 2.96. The van der Waals surface area contributed by atoms with Crippen molar-refractivity contribution in [1.82, 2.24) is 5.32 Å². The molecule has 1 heterocycles. The van der Waals surface area contributed by atoms with E-state index in [1.54, 1.807) is 0 Å². The van der Waals surface area contributed by atoms with Gasteiger partial charge in [0.15, 0.2) is 5.76 Å². The Kier molecular flexibility index (Phi) is 2.45. The first-order valence-electron chi connectivity index (χ1n) is 5.84. The van der Waals surface area contributed by atoms with Crippen LogP contribution in [0.3, 0.4) is 0 Å². The molecular formula is C14H13NO3. The molecule has 3 N–H and O–H groups in total. The highest BCUT2D eigenvalue weighted by Gasteiger charge is 2.32. The molecule has 3 rings (SSSR count). The van der Waals surface area contributed by atoms with Crippen molar-refractivity contribution >= 4 is 5.78 Å². The minimum Gasteiger partial charge on any atom is -0.511 e. The number of aliphatic hydroxyl groups excluding tert-OH is 2. The predicted octanol–water partition coefficient (Wildman–Crippen LogP) is 1.84. The van der Waals surface area contributed by atoms with Crippen molar-refractivity contribution < 1.29 is 15.0 Å². The van der Waals surface area contributed by atoms with Crippen LogP contribution in [0, 0.1) is 0 Å². The Hall–Kier alpha value is -2.07. The number of allylic oxidation sites excluding steroid dienone is 4. The lowest BCUT2D eigenvalue weighted by Crippen LogP contribution is -2.21. The monoisotopic (exact) mass is 243 g/mol. The smallest absolute Gasteiger partial charge is 0.212 e.